The fourth-order valence-electron chi connectivity index (χ4n) is 3.29. The number of hydrogen-bond acceptors (Lipinski definition) is 5. The van der Waals surface area contributed by atoms with Gasteiger partial charge in [0.2, 0.25) is 0 Å². The van der Waals surface area contributed by atoms with Crippen molar-refractivity contribution in [3.05, 3.63) is 28.1 Å². The normalized spacial score (nSPS) is 22.4. The number of hydrogen-bond donors (Lipinski definition) is 1. The Kier molecular flexibility index (Phi) is 4.53. The van der Waals surface area contributed by atoms with E-state index in [0.717, 1.165) is 25.7 Å². The molecule has 0 aromatic heterocycles. The molecule has 25 heavy (non-hydrogen) atoms. The van der Waals surface area contributed by atoms with Crippen LogP contribution in [0.5, 0.6) is 0 Å². The Morgan fingerprint density at radius 2 is 1.76 bits per heavy atom. The van der Waals surface area contributed by atoms with Crippen LogP contribution in [0.1, 0.15) is 53.4 Å². The first-order chi connectivity index (χ1) is 11.6. The lowest BCUT2D eigenvalue weighted by Gasteiger charge is -2.32. The highest BCUT2D eigenvalue weighted by molar-refractivity contribution is 6.62. The summed E-state index contributed by atoms with van der Waals surface area (Å²) >= 11 is 0. The van der Waals surface area contributed by atoms with E-state index in [-0.39, 0.29) is 22.9 Å². The average Bonchev–Trinajstić information content (AvgIpc) is 3.05. The Morgan fingerprint density at radius 1 is 1.20 bits per heavy atom. The molecular formula is C17H24BFN2O4. The number of nitrogens with zero attached hydrogens (tertiary/aromatic N) is 1. The number of nitro groups is 1. The molecule has 2 aliphatic rings. The molecule has 0 bridgehead atoms. The van der Waals surface area contributed by atoms with Crippen molar-refractivity contribution in [1.29, 1.82) is 0 Å². The van der Waals surface area contributed by atoms with Crippen LogP contribution in [0.4, 0.5) is 15.8 Å². The summed E-state index contributed by atoms with van der Waals surface area (Å²) in [6.07, 6.45) is 4.05. The van der Waals surface area contributed by atoms with Crippen molar-refractivity contribution in [2.24, 2.45) is 0 Å². The van der Waals surface area contributed by atoms with Crippen LogP contribution < -0.4 is 10.8 Å². The zero-order valence-corrected chi connectivity index (χ0v) is 15.1. The third kappa shape index (κ3) is 3.37. The molecule has 0 unspecified atom stereocenters. The maximum Gasteiger partial charge on any atom is 0.498 e. The summed E-state index contributed by atoms with van der Waals surface area (Å²) < 4.78 is 26.4. The molecule has 1 saturated heterocycles. The molecule has 1 heterocycles. The molecule has 0 spiro atoms. The molecule has 1 aliphatic heterocycles. The molecule has 8 heteroatoms. The van der Waals surface area contributed by atoms with E-state index < -0.39 is 29.1 Å². The lowest BCUT2D eigenvalue weighted by atomic mass is 9.78. The molecule has 3 rings (SSSR count). The molecule has 2 fully saturated rings. The van der Waals surface area contributed by atoms with Gasteiger partial charge in [0.05, 0.1) is 16.1 Å². The first-order valence-electron chi connectivity index (χ1n) is 8.71. The van der Waals surface area contributed by atoms with Crippen LogP contribution in [0.3, 0.4) is 0 Å². The molecule has 1 aromatic carbocycles. The van der Waals surface area contributed by atoms with Gasteiger partial charge < -0.3 is 14.6 Å². The third-order valence-corrected chi connectivity index (χ3v) is 5.53. The molecule has 0 radical (unpaired) electrons. The second-order valence-corrected chi connectivity index (χ2v) is 7.86. The highest BCUT2D eigenvalue weighted by Crippen LogP contribution is 2.37. The predicted molar refractivity (Wildman–Crippen MR) is 94.6 cm³/mol. The van der Waals surface area contributed by atoms with Crippen molar-refractivity contribution >= 4 is 24.0 Å². The van der Waals surface area contributed by atoms with Crippen molar-refractivity contribution in [2.45, 2.75) is 70.6 Å². The lowest BCUT2D eigenvalue weighted by Crippen LogP contribution is -2.41. The van der Waals surface area contributed by atoms with E-state index in [2.05, 4.69) is 5.32 Å². The number of anilines is 1. The quantitative estimate of drug-likeness (QED) is 0.512. The third-order valence-electron chi connectivity index (χ3n) is 5.53. The Bertz CT molecular complexity index is 673. The van der Waals surface area contributed by atoms with Gasteiger partial charge in [-0.2, -0.15) is 0 Å². The number of halogens is 1. The molecule has 136 valence electrons. The molecule has 6 nitrogen and oxygen atoms in total. The van der Waals surface area contributed by atoms with Crippen LogP contribution in [0, 0.1) is 15.9 Å². The van der Waals surface area contributed by atoms with Gasteiger partial charge in [0, 0.05) is 23.6 Å². The average molecular weight is 350 g/mol. The maximum atomic E-state index is 14.7. The van der Waals surface area contributed by atoms with Gasteiger partial charge in [-0.15, -0.1) is 0 Å². The van der Waals surface area contributed by atoms with E-state index >= 15 is 0 Å². The summed E-state index contributed by atoms with van der Waals surface area (Å²) in [5, 5.41) is 14.6. The van der Waals surface area contributed by atoms with Gasteiger partial charge in [-0.3, -0.25) is 10.1 Å². The first kappa shape index (κ1) is 18.1. The fraction of sp³-hybridized carbons (Fsp3) is 0.647. The van der Waals surface area contributed by atoms with E-state index in [1.807, 2.05) is 27.7 Å². The van der Waals surface area contributed by atoms with Gasteiger partial charge in [-0.05, 0) is 40.5 Å². The van der Waals surface area contributed by atoms with Crippen LogP contribution in [-0.2, 0) is 9.31 Å². The van der Waals surface area contributed by atoms with Crippen LogP contribution in [0.15, 0.2) is 12.1 Å². The highest BCUT2D eigenvalue weighted by Gasteiger charge is 2.52. The summed E-state index contributed by atoms with van der Waals surface area (Å²) in [5.74, 6) is -0.565. The summed E-state index contributed by atoms with van der Waals surface area (Å²) in [6.45, 7) is 7.43. The minimum Gasteiger partial charge on any atom is -0.399 e. The minimum atomic E-state index is -0.968. The SMILES string of the molecule is CC1(C)OB(c2cc([N+](=O)[O-])c(NC3CCCC3)cc2F)OC1(C)C. The van der Waals surface area contributed by atoms with Gasteiger partial charge in [0.25, 0.3) is 5.69 Å². The molecule has 1 aliphatic carbocycles. The second kappa shape index (κ2) is 6.25. The van der Waals surface area contributed by atoms with E-state index in [4.69, 9.17) is 9.31 Å². The standard InChI is InChI=1S/C17H24BFN2O4/c1-16(2)17(3,4)25-18(24-16)12-9-15(21(22)23)14(10-13(12)19)20-11-7-5-6-8-11/h9-11,20H,5-8H2,1-4H3. The molecule has 1 aromatic rings. The summed E-state index contributed by atoms with van der Waals surface area (Å²) in [7, 11) is -0.968. The fourth-order valence-corrected chi connectivity index (χ4v) is 3.29. The Balaban J connectivity index is 1.93. The summed E-state index contributed by atoms with van der Waals surface area (Å²) in [6, 6.07) is 2.58. The van der Waals surface area contributed by atoms with Crippen LogP contribution >= 0.6 is 0 Å². The number of nitrogens with one attached hydrogen (secondary N) is 1. The lowest BCUT2D eigenvalue weighted by molar-refractivity contribution is -0.383. The zero-order valence-electron chi connectivity index (χ0n) is 15.1. The van der Waals surface area contributed by atoms with Crippen LogP contribution in [0.25, 0.3) is 0 Å². The van der Waals surface area contributed by atoms with Gasteiger partial charge in [-0.1, -0.05) is 12.8 Å². The van der Waals surface area contributed by atoms with Crippen molar-refractivity contribution in [3.63, 3.8) is 0 Å². The molecule has 0 atom stereocenters. The molecule has 1 saturated carbocycles. The summed E-state index contributed by atoms with van der Waals surface area (Å²) in [4.78, 5) is 11.0. The molecule has 1 N–H and O–H groups in total. The molecule has 0 amide bonds. The van der Waals surface area contributed by atoms with Crippen molar-refractivity contribution in [3.8, 4) is 0 Å². The smallest absolute Gasteiger partial charge is 0.399 e. The van der Waals surface area contributed by atoms with Crippen LogP contribution in [-0.4, -0.2) is 29.3 Å². The van der Waals surface area contributed by atoms with E-state index in [0.29, 0.717) is 0 Å². The van der Waals surface area contributed by atoms with E-state index in [9.17, 15) is 14.5 Å². The number of nitro benzene ring substituents is 1. The van der Waals surface area contributed by atoms with Gasteiger partial charge in [0.15, 0.2) is 0 Å². The largest absolute Gasteiger partial charge is 0.498 e. The Hall–Kier alpha value is -1.67. The van der Waals surface area contributed by atoms with Crippen molar-refractivity contribution in [1.82, 2.24) is 0 Å². The molecular weight excluding hydrogens is 326 g/mol. The monoisotopic (exact) mass is 350 g/mol. The maximum absolute atomic E-state index is 14.7. The Labute approximate surface area is 147 Å². The van der Waals surface area contributed by atoms with Gasteiger partial charge in [-0.25, -0.2) is 4.39 Å². The zero-order chi connectivity index (χ0) is 18.4. The van der Waals surface area contributed by atoms with Crippen molar-refractivity contribution < 1.29 is 18.6 Å². The highest BCUT2D eigenvalue weighted by atomic mass is 19.1. The van der Waals surface area contributed by atoms with E-state index in [1.165, 1.54) is 12.1 Å². The summed E-state index contributed by atoms with van der Waals surface area (Å²) in [5.41, 5.74) is -1.16. The predicted octanol–water partition coefficient (Wildman–Crippen LogP) is 3.39. The second-order valence-electron chi connectivity index (χ2n) is 7.86. The van der Waals surface area contributed by atoms with Gasteiger partial charge >= 0.3 is 7.12 Å². The minimum absolute atomic E-state index is 0.0577. The first-order valence-corrected chi connectivity index (χ1v) is 8.71. The number of rotatable bonds is 4. The number of benzene rings is 1. The topological polar surface area (TPSA) is 73.6 Å². The Morgan fingerprint density at radius 3 is 2.28 bits per heavy atom. The van der Waals surface area contributed by atoms with Gasteiger partial charge in [0.1, 0.15) is 11.5 Å². The van der Waals surface area contributed by atoms with Crippen molar-refractivity contribution in [2.75, 3.05) is 5.32 Å². The van der Waals surface area contributed by atoms with E-state index in [1.54, 1.807) is 0 Å². The van der Waals surface area contributed by atoms with Crippen LogP contribution in [0.2, 0.25) is 0 Å².